The summed E-state index contributed by atoms with van der Waals surface area (Å²) in [6.45, 7) is 0. The lowest BCUT2D eigenvalue weighted by Crippen LogP contribution is -1.91. The molecule has 18 heavy (non-hydrogen) atoms. The minimum atomic E-state index is -2.32. The number of hydrogen-bond acceptors (Lipinski definition) is 5. The molecule has 0 aliphatic rings. The summed E-state index contributed by atoms with van der Waals surface area (Å²) in [5.74, 6) is 0.778. The fraction of sp³-hybridized carbons (Fsp3) is 0. The SMILES string of the molecule is Nc1cccc(O[P+](=O)Oc2cccc(N)c2)c1. The van der Waals surface area contributed by atoms with Crippen molar-refractivity contribution in [2.75, 3.05) is 11.5 Å². The van der Waals surface area contributed by atoms with Gasteiger partial charge in [0.25, 0.3) is 0 Å². The summed E-state index contributed by atoms with van der Waals surface area (Å²) in [6.07, 6.45) is 0. The van der Waals surface area contributed by atoms with Crippen LogP contribution in [0.15, 0.2) is 48.5 Å². The first-order valence-electron chi connectivity index (χ1n) is 5.18. The van der Waals surface area contributed by atoms with Crippen LogP contribution in [0.3, 0.4) is 0 Å². The molecular weight excluding hydrogens is 251 g/mol. The molecule has 0 aliphatic carbocycles. The minimum absolute atomic E-state index is 0.389. The number of rotatable bonds is 4. The molecule has 0 bridgehead atoms. The van der Waals surface area contributed by atoms with Gasteiger partial charge in [0, 0.05) is 28.1 Å². The van der Waals surface area contributed by atoms with Crippen molar-refractivity contribution in [2.24, 2.45) is 0 Å². The van der Waals surface area contributed by atoms with E-state index in [0.717, 1.165) is 0 Å². The predicted octanol–water partition coefficient (Wildman–Crippen LogP) is 2.97. The lowest BCUT2D eigenvalue weighted by atomic mass is 10.3. The van der Waals surface area contributed by atoms with Crippen LogP contribution in [0.5, 0.6) is 11.5 Å². The molecule has 0 radical (unpaired) electrons. The molecule has 0 heterocycles. The molecule has 0 fully saturated rings. The molecule has 4 N–H and O–H groups in total. The highest BCUT2D eigenvalue weighted by Gasteiger charge is 2.24. The van der Waals surface area contributed by atoms with Gasteiger partial charge in [-0.05, 0) is 24.3 Å². The first kappa shape index (κ1) is 12.2. The molecule has 0 aromatic heterocycles. The van der Waals surface area contributed by atoms with Crippen molar-refractivity contribution < 1.29 is 13.6 Å². The monoisotopic (exact) mass is 263 g/mol. The summed E-state index contributed by atoms with van der Waals surface area (Å²) in [5, 5.41) is 0. The quantitative estimate of drug-likeness (QED) is 0.654. The predicted molar refractivity (Wildman–Crippen MR) is 70.6 cm³/mol. The molecule has 2 aromatic rings. The van der Waals surface area contributed by atoms with Gasteiger partial charge in [-0.25, -0.2) is 9.05 Å². The van der Waals surface area contributed by atoms with E-state index in [0.29, 0.717) is 22.9 Å². The van der Waals surface area contributed by atoms with E-state index in [2.05, 4.69) is 0 Å². The van der Waals surface area contributed by atoms with Gasteiger partial charge in [0.2, 0.25) is 0 Å². The van der Waals surface area contributed by atoms with E-state index >= 15 is 0 Å². The van der Waals surface area contributed by atoms with Crippen molar-refractivity contribution in [3.63, 3.8) is 0 Å². The molecule has 0 saturated heterocycles. The molecule has 0 spiro atoms. The Kier molecular flexibility index (Phi) is 3.65. The zero-order chi connectivity index (χ0) is 13.0. The first-order valence-corrected chi connectivity index (χ1v) is 6.27. The average Bonchev–Trinajstić information content (AvgIpc) is 2.28. The number of nitrogens with two attached hydrogens (primary N) is 2. The standard InChI is InChI=1S/C12H12N2O3P/c13-9-3-1-5-11(7-9)16-18(15)17-12-6-2-4-10(14)8-12/h1-8H,13-14H2/q+1. The second kappa shape index (κ2) is 5.38. The lowest BCUT2D eigenvalue weighted by Gasteiger charge is -1.96. The van der Waals surface area contributed by atoms with Crippen LogP contribution in [0.2, 0.25) is 0 Å². The van der Waals surface area contributed by atoms with Crippen molar-refractivity contribution in [1.29, 1.82) is 0 Å². The zero-order valence-corrected chi connectivity index (χ0v) is 10.3. The van der Waals surface area contributed by atoms with Crippen LogP contribution in [-0.2, 0) is 4.57 Å². The van der Waals surface area contributed by atoms with Crippen molar-refractivity contribution in [2.45, 2.75) is 0 Å². The van der Waals surface area contributed by atoms with Gasteiger partial charge >= 0.3 is 8.25 Å². The highest BCUT2D eigenvalue weighted by atomic mass is 31.1. The van der Waals surface area contributed by atoms with Gasteiger partial charge in [0.05, 0.1) is 0 Å². The van der Waals surface area contributed by atoms with Gasteiger partial charge in [-0.15, -0.1) is 0 Å². The van der Waals surface area contributed by atoms with Crippen molar-refractivity contribution >= 4 is 19.6 Å². The molecule has 0 aliphatic heterocycles. The summed E-state index contributed by atoms with van der Waals surface area (Å²) in [5.41, 5.74) is 12.2. The van der Waals surface area contributed by atoms with Crippen LogP contribution in [0.4, 0.5) is 11.4 Å². The maximum atomic E-state index is 11.6. The van der Waals surface area contributed by atoms with E-state index in [4.69, 9.17) is 20.5 Å². The number of nitrogen functional groups attached to an aromatic ring is 2. The Hall–Kier alpha value is -2.26. The molecule has 92 valence electrons. The summed E-state index contributed by atoms with van der Waals surface area (Å²) < 4.78 is 21.8. The van der Waals surface area contributed by atoms with Gasteiger partial charge in [-0.1, -0.05) is 12.1 Å². The van der Waals surface area contributed by atoms with E-state index in [-0.39, 0.29) is 0 Å². The summed E-state index contributed by atoms with van der Waals surface area (Å²) in [7, 11) is -2.32. The van der Waals surface area contributed by atoms with Gasteiger partial charge in [0.15, 0.2) is 11.5 Å². The molecule has 0 atom stereocenters. The molecule has 2 rings (SSSR count). The Labute approximate surface area is 105 Å². The van der Waals surface area contributed by atoms with Crippen LogP contribution in [-0.4, -0.2) is 0 Å². The third-order valence-electron chi connectivity index (χ3n) is 2.08. The lowest BCUT2D eigenvalue weighted by molar-refractivity contribution is 0.416. The Balaban J connectivity index is 2.01. The second-order valence-electron chi connectivity index (χ2n) is 3.55. The molecule has 0 saturated carbocycles. The van der Waals surface area contributed by atoms with Gasteiger partial charge in [-0.2, -0.15) is 0 Å². The smallest absolute Gasteiger partial charge is 0.399 e. The molecule has 0 amide bonds. The highest BCUT2D eigenvalue weighted by molar-refractivity contribution is 7.34. The Bertz CT molecular complexity index is 525. The number of benzene rings is 2. The Morgan fingerprint density at radius 2 is 1.28 bits per heavy atom. The average molecular weight is 263 g/mol. The normalized spacial score (nSPS) is 9.78. The molecule has 5 nitrogen and oxygen atoms in total. The zero-order valence-electron chi connectivity index (χ0n) is 9.45. The Morgan fingerprint density at radius 3 is 1.67 bits per heavy atom. The third-order valence-corrected chi connectivity index (χ3v) is 2.80. The number of hydrogen-bond donors (Lipinski definition) is 2. The molecule has 2 aromatic carbocycles. The third kappa shape index (κ3) is 3.37. The van der Waals surface area contributed by atoms with E-state index < -0.39 is 8.25 Å². The van der Waals surface area contributed by atoms with Gasteiger partial charge in [0.1, 0.15) is 0 Å². The fourth-order valence-corrected chi connectivity index (χ4v) is 1.94. The van der Waals surface area contributed by atoms with Crippen molar-refractivity contribution in [3.05, 3.63) is 48.5 Å². The molecular formula is C12H12N2O3P+. The fourth-order valence-electron chi connectivity index (χ4n) is 1.33. The van der Waals surface area contributed by atoms with Gasteiger partial charge in [-0.3, -0.25) is 0 Å². The summed E-state index contributed by atoms with van der Waals surface area (Å²) in [6, 6.07) is 13.2. The van der Waals surface area contributed by atoms with Crippen molar-refractivity contribution in [3.8, 4) is 11.5 Å². The first-order chi connectivity index (χ1) is 8.63. The van der Waals surface area contributed by atoms with Crippen molar-refractivity contribution in [1.82, 2.24) is 0 Å². The second-order valence-corrected chi connectivity index (χ2v) is 4.36. The van der Waals surface area contributed by atoms with Gasteiger partial charge < -0.3 is 11.5 Å². The largest absolute Gasteiger partial charge is 0.805 e. The van der Waals surface area contributed by atoms with Crippen LogP contribution in [0.25, 0.3) is 0 Å². The van der Waals surface area contributed by atoms with Crippen LogP contribution in [0.1, 0.15) is 0 Å². The summed E-state index contributed by atoms with van der Waals surface area (Å²) in [4.78, 5) is 0. The maximum absolute atomic E-state index is 11.6. The van der Waals surface area contributed by atoms with E-state index in [1.165, 1.54) is 0 Å². The van der Waals surface area contributed by atoms with E-state index in [9.17, 15) is 4.57 Å². The minimum Gasteiger partial charge on any atom is -0.399 e. The van der Waals surface area contributed by atoms with Crippen LogP contribution < -0.4 is 20.5 Å². The topological polar surface area (TPSA) is 87.6 Å². The van der Waals surface area contributed by atoms with Crippen LogP contribution >= 0.6 is 8.25 Å². The number of anilines is 2. The Morgan fingerprint density at radius 1 is 0.833 bits per heavy atom. The van der Waals surface area contributed by atoms with E-state index in [1.54, 1.807) is 48.5 Å². The molecule has 6 heteroatoms. The highest BCUT2D eigenvalue weighted by Crippen LogP contribution is 2.31. The van der Waals surface area contributed by atoms with E-state index in [1.807, 2.05) is 0 Å². The molecule has 0 unspecified atom stereocenters. The summed E-state index contributed by atoms with van der Waals surface area (Å²) >= 11 is 0. The maximum Gasteiger partial charge on any atom is 0.805 e. The van der Waals surface area contributed by atoms with Crippen LogP contribution in [0, 0.1) is 0 Å².